The van der Waals surface area contributed by atoms with Gasteiger partial charge in [-0.1, -0.05) is 17.3 Å². The molecular weight excluding hydrogens is 280 g/mol. The molecule has 1 aliphatic heterocycles. The Morgan fingerprint density at radius 3 is 2.91 bits per heavy atom. The van der Waals surface area contributed by atoms with Crippen molar-refractivity contribution in [3.63, 3.8) is 0 Å². The molecule has 0 aliphatic carbocycles. The van der Waals surface area contributed by atoms with E-state index in [9.17, 15) is 0 Å². The molecule has 6 nitrogen and oxygen atoms in total. The quantitative estimate of drug-likeness (QED) is 0.884. The van der Waals surface area contributed by atoms with Crippen molar-refractivity contribution in [2.75, 3.05) is 13.7 Å². The van der Waals surface area contributed by atoms with Gasteiger partial charge in [0.1, 0.15) is 5.69 Å². The minimum atomic E-state index is -0.0975. The van der Waals surface area contributed by atoms with Crippen LogP contribution in [0.3, 0.4) is 0 Å². The van der Waals surface area contributed by atoms with E-state index in [1.54, 1.807) is 4.68 Å². The third-order valence-corrected chi connectivity index (χ3v) is 3.68. The molecule has 6 heteroatoms. The third kappa shape index (κ3) is 3.91. The van der Waals surface area contributed by atoms with Gasteiger partial charge < -0.3 is 14.8 Å². The predicted molar refractivity (Wildman–Crippen MR) is 82.5 cm³/mol. The van der Waals surface area contributed by atoms with Gasteiger partial charge in [-0.15, -0.1) is 5.10 Å². The van der Waals surface area contributed by atoms with Gasteiger partial charge in [0.15, 0.2) is 6.29 Å². The molecule has 118 valence electrons. The highest BCUT2D eigenvalue weighted by Gasteiger charge is 2.14. The second kappa shape index (κ2) is 7.49. The highest BCUT2D eigenvalue weighted by Crippen LogP contribution is 2.15. The number of benzene rings is 1. The van der Waals surface area contributed by atoms with Crippen LogP contribution in [-0.4, -0.2) is 34.9 Å². The molecule has 1 aliphatic rings. The van der Waals surface area contributed by atoms with Crippen molar-refractivity contribution < 1.29 is 9.47 Å². The van der Waals surface area contributed by atoms with Crippen LogP contribution in [0.25, 0.3) is 5.69 Å². The average molecular weight is 302 g/mol. The van der Waals surface area contributed by atoms with Crippen molar-refractivity contribution in [2.45, 2.75) is 38.7 Å². The molecule has 1 unspecified atom stereocenters. The molecule has 22 heavy (non-hydrogen) atoms. The van der Waals surface area contributed by atoms with Gasteiger partial charge in [0.25, 0.3) is 0 Å². The average Bonchev–Trinajstić information content (AvgIpc) is 3.04. The maximum absolute atomic E-state index is 5.72. The number of aromatic nitrogens is 3. The Morgan fingerprint density at radius 2 is 2.18 bits per heavy atom. The molecule has 2 heterocycles. The fraction of sp³-hybridized carbons (Fsp3) is 0.500. The minimum absolute atomic E-state index is 0.0975. The van der Waals surface area contributed by atoms with E-state index in [4.69, 9.17) is 9.47 Å². The normalized spacial score (nSPS) is 18.5. The summed E-state index contributed by atoms with van der Waals surface area (Å²) < 4.78 is 13.0. The zero-order chi connectivity index (χ0) is 15.2. The fourth-order valence-electron chi connectivity index (χ4n) is 2.48. The number of hydrogen-bond donors (Lipinski definition) is 1. The number of rotatable bonds is 6. The van der Waals surface area contributed by atoms with Crippen molar-refractivity contribution in [2.24, 2.45) is 0 Å². The number of ether oxygens (including phenoxy) is 2. The zero-order valence-electron chi connectivity index (χ0n) is 12.9. The molecule has 0 saturated carbocycles. The van der Waals surface area contributed by atoms with Crippen molar-refractivity contribution >= 4 is 0 Å². The van der Waals surface area contributed by atoms with E-state index in [0.29, 0.717) is 6.61 Å². The standard InChI is InChI=1S/C16H22N4O2/c1-17-10-13-5-7-15(8-6-13)20-11-14(18-19-20)12-22-16-4-2-3-9-21-16/h5-8,11,16-17H,2-4,9-10,12H2,1H3. The molecule has 0 spiro atoms. The summed E-state index contributed by atoms with van der Waals surface area (Å²) >= 11 is 0. The van der Waals surface area contributed by atoms with E-state index >= 15 is 0 Å². The van der Waals surface area contributed by atoms with Gasteiger partial charge in [-0.2, -0.15) is 0 Å². The SMILES string of the molecule is CNCc1ccc(-n2cc(COC3CCCCO3)nn2)cc1. The first-order chi connectivity index (χ1) is 10.8. The van der Waals surface area contributed by atoms with E-state index in [2.05, 4.69) is 27.8 Å². The summed E-state index contributed by atoms with van der Waals surface area (Å²) in [5.74, 6) is 0. The van der Waals surface area contributed by atoms with Crippen LogP contribution in [-0.2, 0) is 22.6 Å². The Morgan fingerprint density at radius 1 is 1.32 bits per heavy atom. The molecule has 3 rings (SSSR count). The molecule has 1 aromatic carbocycles. The molecule has 1 atom stereocenters. The van der Waals surface area contributed by atoms with Crippen LogP contribution in [0.1, 0.15) is 30.5 Å². The van der Waals surface area contributed by atoms with E-state index in [1.165, 1.54) is 5.56 Å². The highest BCUT2D eigenvalue weighted by molar-refractivity contribution is 5.33. The van der Waals surface area contributed by atoms with Gasteiger partial charge in [0.05, 0.1) is 18.5 Å². The lowest BCUT2D eigenvalue weighted by atomic mass is 10.2. The molecule has 2 aromatic rings. The molecular formula is C16H22N4O2. The summed E-state index contributed by atoms with van der Waals surface area (Å²) in [5.41, 5.74) is 3.05. The van der Waals surface area contributed by atoms with Crippen LogP contribution >= 0.6 is 0 Å². The smallest absolute Gasteiger partial charge is 0.158 e. The maximum Gasteiger partial charge on any atom is 0.158 e. The van der Waals surface area contributed by atoms with Crippen molar-refractivity contribution in [3.8, 4) is 5.69 Å². The van der Waals surface area contributed by atoms with E-state index < -0.39 is 0 Å². The summed E-state index contributed by atoms with van der Waals surface area (Å²) in [6, 6.07) is 8.24. The molecule has 1 fully saturated rings. The summed E-state index contributed by atoms with van der Waals surface area (Å²) in [6.45, 7) is 2.08. The minimum Gasteiger partial charge on any atom is -0.353 e. The number of nitrogens with one attached hydrogen (secondary N) is 1. The fourth-order valence-corrected chi connectivity index (χ4v) is 2.48. The van der Waals surface area contributed by atoms with Crippen LogP contribution in [0.4, 0.5) is 0 Å². The van der Waals surface area contributed by atoms with Gasteiger partial charge in [0, 0.05) is 13.2 Å². The monoisotopic (exact) mass is 302 g/mol. The molecule has 0 bridgehead atoms. The second-order valence-corrected chi connectivity index (χ2v) is 5.46. The van der Waals surface area contributed by atoms with Gasteiger partial charge >= 0.3 is 0 Å². The summed E-state index contributed by atoms with van der Waals surface area (Å²) in [6.07, 6.45) is 5.05. The summed E-state index contributed by atoms with van der Waals surface area (Å²) in [4.78, 5) is 0. The van der Waals surface area contributed by atoms with Gasteiger partial charge in [0.2, 0.25) is 0 Å². The molecule has 1 N–H and O–H groups in total. The van der Waals surface area contributed by atoms with Gasteiger partial charge in [-0.05, 0) is 44.0 Å². The van der Waals surface area contributed by atoms with E-state index in [-0.39, 0.29) is 6.29 Å². The Kier molecular flexibility index (Phi) is 5.15. The highest BCUT2D eigenvalue weighted by atomic mass is 16.7. The number of hydrogen-bond acceptors (Lipinski definition) is 5. The Hall–Kier alpha value is -1.76. The Bertz CT molecular complexity index is 576. The van der Waals surface area contributed by atoms with E-state index in [0.717, 1.165) is 43.8 Å². The molecule has 0 amide bonds. The van der Waals surface area contributed by atoms with Crippen LogP contribution < -0.4 is 5.32 Å². The predicted octanol–water partition coefficient (Wildman–Crippen LogP) is 2.03. The molecule has 0 radical (unpaired) electrons. The summed E-state index contributed by atoms with van der Waals surface area (Å²) in [7, 11) is 1.94. The van der Waals surface area contributed by atoms with Crippen LogP contribution in [0.15, 0.2) is 30.5 Å². The molecule has 1 aromatic heterocycles. The lowest BCUT2D eigenvalue weighted by molar-refractivity contribution is -0.169. The third-order valence-electron chi connectivity index (χ3n) is 3.68. The van der Waals surface area contributed by atoms with Crippen molar-refractivity contribution in [1.82, 2.24) is 20.3 Å². The second-order valence-electron chi connectivity index (χ2n) is 5.46. The summed E-state index contributed by atoms with van der Waals surface area (Å²) in [5, 5.41) is 11.4. The Labute approximate surface area is 130 Å². The maximum atomic E-state index is 5.72. The lowest BCUT2D eigenvalue weighted by Crippen LogP contribution is -2.22. The van der Waals surface area contributed by atoms with E-state index in [1.807, 2.05) is 25.4 Å². The topological polar surface area (TPSA) is 61.2 Å². The zero-order valence-corrected chi connectivity index (χ0v) is 12.9. The number of nitrogens with zero attached hydrogens (tertiary/aromatic N) is 3. The van der Waals surface area contributed by atoms with Gasteiger partial charge in [-0.25, -0.2) is 4.68 Å². The first kappa shape index (κ1) is 15.1. The Balaban J connectivity index is 1.58. The van der Waals surface area contributed by atoms with Gasteiger partial charge in [-0.3, -0.25) is 0 Å². The van der Waals surface area contributed by atoms with Crippen molar-refractivity contribution in [3.05, 3.63) is 41.7 Å². The van der Waals surface area contributed by atoms with Crippen LogP contribution in [0.5, 0.6) is 0 Å². The van der Waals surface area contributed by atoms with Crippen molar-refractivity contribution in [1.29, 1.82) is 0 Å². The first-order valence-corrected chi connectivity index (χ1v) is 7.73. The van der Waals surface area contributed by atoms with Crippen LogP contribution in [0.2, 0.25) is 0 Å². The molecule has 1 saturated heterocycles. The first-order valence-electron chi connectivity index (χ1n) is 7.73. The van der Waals surface area contributed by atoms with Crippen LogP contribution in [0, 0.1) is 0 Å². The lowest BCUT2D eigenvalue weighted by Gasteiger charge is -2.22. The largest absolute Gasteiger partial charge is 0.353 e.